The topological polar surface area (TPSA) is 43.1 Å². The molecule has 1 aromatic carbocycles. The van der Waals surface area contributed by atoms with Gasteiger partial charge in [0.15, 0.2) is 0 Å². The second-order valence-electron chi connectivity index (χ2n) is 2.76. The maximum Gasteiger partial charge on any atom is 0.0425 e. The van der Waals surface area contributed by atoms with Crippen LogP contribution in [0.2, 0.25) is 0 Å². The molecule has 0 aromatic heterocycles. The van der Waals surface area contributed by atoms with Gasteiger partial charge in [0.1, 0.15) is 0 Å². The second-order valence-corrected chi connectivity index (χ2v) is 4.24. The molecule has 0 aliphatic carbocycles. The van der Waals surface area contributed by atoms with Crippen molar-refractivity contribution >= 4 is 10.8 Å². The molecule has 0 radical (unpaired) electrons. The molecule has 2 unspecified atom stereocenters. The van der Waals surface area contributed by atoms with Gasteiger partial charge in [0, 0.05) is 28.9 Å². The molecule has 0 bridgehead atoms. The molecule has 12 heavy (non-hydrogen) atoms. The summed E-state index contributed by atoms with van der Waals surface area (Å²) in [6, 6.07) is 9.63. The second kappa shape index (κ2) is 4.38. The Kier molecular flexibility index (Phi) is 3.44. The summed E-state index contributed by atoms with van der Waals surface area (Å²) in [5, 5.41) is 0. The van der Waals surface area contributed by atoms with Crippen molar-refractivity contribution in [2.75, 3.05) is 12.0 Å². The fraction of sp³-hybridized carbons (Fsp3) is 0.333. The Morgan fingerprint density at radius 2 is 2.00 bits per heavy atom. The quantitative estimate of drug-likeness (QED) is 0.761. The minimum Gasteiger partial charge on any atom is -0.323 e. The molecule has 0 aliphatic heterocycles. The molecule has 3 heteroatoms. The largest absolute Gasteiger partial charge is 0.323 e. The SMILES string of the molecule is CS(=O)CC(N)c1ccccc1. The van der Waals surface area contributed by atoms with Crippen LogP contribution in [-0.2, 0) is 10.8 Å². The maximum atomic E-state index is 10.9. The molecule has 0 heterocycles. The number of nitrogens with two attached hydrogens (primary N) is 1. The maximum absolute atomic E-state index is 10.9. The van der Waals surface area contributed by atoms with Crippen molar-refractivity contribution in [3.05, 3.63) is 35.9 Å². The Morgan fingerprint density at radius 3 is 2.50 bits per heavy atom. The average molecular weight is 183 g/mol. The average Bonchev–Trinajstić information content (AvgIpc) is 2.05. The zero-order chi connectivity index (χ0) is 8.97. The molecule has 0 saturated heterocycles. The summed E-state index contributed by atoms with van der Waals surface area (Å²) in [6.07, 6.45) is 1.67. The third-order valence-corrected chi connectivity index (χ3v) is 2.47. The van der Waals surface area contributed by atoms with E-state index in [1.165, 1.54) is 0 Å². The third-order valence-electron chi connectivity index (χ3n) is 1.64. The van der Waals surface area contributed by atoms with E-state index in [2.05, 4.69) is 0 Å². The molecule has 0 spiro atoms. The van der Waals surface area contributed by atoms with Gasteiger partial charge in [0.05, 0.1) is 0 Å². The summed E-state index contributed by atoms with van der Waals surface area (Å²) in [5.41, 5.74) is 6.85. The van der Waals surface area contributed by atoms with Crippen LogP contribution in [0.15, 0.2) is 30.3 Å². The third kappa shape index (κ3) is 2.75. The van der Waals surface area contributed by atoms with E-state index in [1.54, 1.807) is 6.26 Å². The van der Waals surface area contributed by atoms with Gasteiger partial charge in [0.2, 0.25) is 0 Å². The molecule has 1 aromatic rings. The summed E-state index contributed by atoms with van der Waals surface area (Å²) >= 11 is 0. The van der Waals surface area contributed by atoms with Crippen LogP contribution in [-0.4, -0.2) is 16.2 Å². The fourth-order valence-corrected chi connectivity index (χ4v) is 1.75. The highest BCUT2D eigenvalue weighted by molar-refractivity contribution is 7.84. The van der Waals surface area contributed by atoms with E-state index >= 15 is 0 Å². The standard InChI is InChI=1S/C9H13NOS/c1-12(11)7-9(10)8-5-3-2-4-6-8/h2-6,9H,7,10H2,1H3. The first-order valence-corrected chi connectivity index (χ1v) is 5.53. The lowest BCUT2D eigenvalue weighted by Crippen LogP contribution is -2.17. The lowest BCUT2D eigenvalue weighted by atomic mass is 10.1. The highest BCUT2D eigenvalue weighted by Crippen LogP contribution is 2.09. The van der Waals surface area contributed by atoms with Crippen molar-refractivity contribution in [1.82, 2.24) is 0 Å². The number of benzene rings is 1. The van der Waals surface area contributed by atoms with Crippen LogP contribution in [0, 0.1) is 0 Å². The molecular weight excluding hydrogens is 170 g/mol. The first kappa shape index (κ1) is 9.42. The van der Waals surface area contributed by atoms with Gasteiger partial charge in [-0.25, -0.2) is 0 Å². The fourth-order valence-electron chi connectivity index (χ4n) is 1.05. The predicted octanol–water partition coefficient (Wildman–Crippen LogP) is 1.06. The van der Waals surface area contributed by atoms with Crippen molar-refractivity contribution in [3.63, 3.8) is 0 Å². The minimum absolute atomic E-state index is 0.1000. The van der Waals surface area contributed by atoms with Crippen LogP contribution in [0.3, 0.4) is 0 Å². The van der Waals surface area contributed by atoms with Crippen molar-refractivity contribution in [2.45, 2.75) is 6.04 Å². The molecule has 2 N–H and O–H groups in total. The van der Waals surface area contributed by atoms with E-state index in [0.717, 1.165) is 5.56 Å². The summed E-state index contributed by atoms with van der Waals surface area (Å²) in [4.78, 5) is 0. The van der Waals surface area contributed by atoms with Crippen molar-refractivity contribution in [1.29, 1.82) is 0 Å². The summed E-state index contributed by atoms with van der Waals surface area (Å²) in [6.45, 7) is 0. The zero-order valence-electron chi connectivity index (χ0n) is 7.07. The van der Waals surface area contributed by atoms with Crippen LogP contribution in [0.5, 0.6) is 0 Å². The molecule has 0 fully saturated rings. The van der Waals surface area contributed by atoms with Crippen LogP contribution in [0.1, 0.15) is 11.6 Å². The van der Waals surface area contributed by atoms with Gasteiger partial charge >= 0.3 is 0 Å². The highest BCUT2D eigenvalue weighted by Gasteiger charge is 2.05. The molecule has 0 amide bonds. The number of hydrogen-bond acceptors (Lipinski definition) is 2. The molecule has 66 valence electrons. The van der Waals surface area contributed by atoms with E-state index < -0.39 is 10.8 Å². The Morgan fingerprint density at radius 1 is 1.42 bits per heavy atom. The monoisotopic (exact) mass is 183 g/mol. The molecule has 0 aliphatic rings. The van der Waals surface area contributed by atoms with Crippen LogP contribution in [0.25, 0.3) is 0 Å². The Hall–Kier alpha value is -0.670. The van der Waals surface area contributed by atoms with Gasteiger partial charge in [0.25, 0.3) is 0 Å². The van der Waals surface area contributed by atoms with E-state index in [4.69, 9.17) is 5.73 Å². The van der Waals surface area contributed by atoms with E-state index in [1.807, 2.05) is 30.3 Å². The van der Waals surface area contributed by atoms with Crippen LogP contribution < -0.4 is 5.73 Å². The van der Waals surface area contributed by atoms with E-state index in [9.17, 15) is 4.21 Å². The molecule has 1 rings (SSSR count). The van der Waals surface area contributed by atoms with Gasteiger partial charge in [-0.05, 0) is 5.56 Å². The number of hydrogen-bond donors (Lipinski definition) is 1. The Labute approximate surface area is 75.2 Å². The first-order chi connectivity index (χ1) is 5.70. The van der Waals surface area contributed by atoms with Gasteiger partial charge in [-0.1, -0.05) is 30.3 Å². The van der Waals surface area contributed by atoms with Gasteiger partial charge < -0.3 is 5.73 Å². The first-order valence-electron chi connectivity index (χ1n) is 3.80. The van der Waals surface area contributed by atoms with Gasteiger partial charge in [-0.3, -0.25) is 4.21 Å². The molecule has 0 saturated carbocycles. The minimum atomic E-state index is -0.821. The molecular formula is C9H13NOS. The highest BCUT2D eigenvalue weighted by atomic mass is 32.2. The lowest BCUT2D eigenvalue weighted by molar-refractivity contribution is 0.679. The zero-order valence-corrected chi connectivity index (χ0v) is 7.88. The summed E-state index contributed by atoms with van der Waals surface area (Å²) in [7, 11) is -0.821. The normalized spacial score (nSPS) is 15.5. The molecule has 2 nitrogen and oxygen atoms in total. The van der Waals surface area contributed by atoms with Gasteiger partial charge in [-0.2, -0.15) is 0 Å². The predicted molar refractivity (Wildman–Crippen MR) is 52.3 cm³/mol. The van der Waals surface area contributed by atoms with E-state index in [-0.39, 0.29) is 6.04 Å². The number of rotatable bonds is 3. The summed E-state index contributed by atoms with van der Waals surface area (Å²) < 4.78 is 10.9. The molecule has 2 atom stereocenters. The Bertz CT molecular complexity index is 260. The van der Waals surface area contributed by atoms with Crippen molar-refractivity contribution in [2.24, 2.45) is 5.73 Å². The smallest absolute Gasteiger partial charge is 0.0425 e. The summed E-state index contributed by atoms with van der Waals surface area (Å²) in [5.74, 6) is 0.532. The van der Waals surface area contributed by atoms with E-state index in [0.29, 0.717) is 5.75 Å². The van der Waals surface area contributed by atoms with Crippen molar-refractivity contribution < 1.29 is 4.21 Å². The lowest BCUT2D eigenvalue weighted by Gasteiger charge is -2.08. The van der Waals surface area contributed by atoms with Crippen molar-refractivity contribution in [3.8, 4) is 0 Å². The van der Waals surface area contributed by atoms with Crippen LogP contribution >= 0.6 is 0 Å². The van der Waals surface area contributed by atoms with Crippen LogP contribution in [0.4, 0.5) is 0 Å². The van der Waals surface area contributed by atoms with Gasteiger partial charge in [-0.15, -0.1) is 0 Å². The Balaban J connectivity index is 2.65.